The topological polar surface area (TPSA) is 46.6 Å². The summed E-state index contributed by atoms with van der Waals surface area (Å²) in [6.45, 7) is 2.89. The number of benzene rings is 1. The van der Waals surface area contributed by atoms with Crippen molar-refractivity contribution in [3.63, 3.8) is 0 Å². The van der Waals surface area contributed by atoms with Crippen molar-refractivity contribution < 1.29 is 25.8 Å². The van der Waals surface area contributed by atoms with Crippen molar-refractivity contribution in [2.24, 2.45) is 5.92 Å². The van der Waals surface area contributed by atoms with Crippen LogP contribution in [0.15, 0.2) is 12.1 Å². The molecule has 0 aromatic heterocycles. The van der Waals surface area contributed by atoms with Crippen molar-refractivity contribution in [2.75, 3.05) is 6.54 Å². The van der Waals surface area contributed by atoms with E-state index in [1.54, 1.807) is 6.07 Å². The van der Waals surface area contributed by atoms with E-state index in [2.05, 4.69) is 9.08 Å². The molecule has 1 saturated heterocycles. The summed E-state index contributed by atoms with van der Waals surface area (Å²) in [7, 11) is -5.67. The van der Waals surface area contributed by atoms with E-state index in [-0.39, 0.29) is 11.2 Å². The molecule has 1 aromatic carbocycles. The minimum Gasteiger partial charge on any atom is -0.376 e. The maximum absolute atomic E-state index is 12.8. The fraction of sp³-hybridized carbons (Fsp3) is 0.714. The number of alkyl halides is 3. The van der Waals surface area contributed by atoms with Crippen molar-refractivity contribution in [3.8, 4) is 5.75 Å². The lowest BCUT2D eigenvalue weighted by Crippen LogP contribution is -2.61. The average Bonchev–Trinajstić information content (AvgIpc) is 3.46. The lowest BCUT2D eigenvalue weighted by Gasteiger charge is -2.59. The molecule has 0 unspecified atom stereocenters. The Morgan fingerprint density at radius 2 is 1.90 bits per heavy atom. The van der Waals surface area contributed by atoms with Crippen molar-refractivity contribution in [1.82, 2.24) is 4.90 Å². The Morgan fingerprint density at radius 1 is 1.14 bits per heavy atom. The van der Waals surface area contributed by atoms with Gasteiger partial charge in [0.15, 0.2) is 0 Å². The van der Waals surface area contributed by atoms with Gasteiger partial charge in [-0.2, -0.15) is 21.6 Å². The van der Waals surface area contributed by atoms with E-state index in [0.717, 1.165) is 49.8 Å². The zero-order chi connectivity index (χ0) is 20.6. The molecule has 1 aromatic rings. The van der Waals surface area contributed by atoms with Crippen LogP contribution >= 0.6 is 0 Å². The van der Waals surface area contributed by atoms with Crippen molar-refractivity contribution >= 4 is 10.1 Å². The molecule has 3 aliphatic carbocycles. The third-order valence-electron chi connectivity index (χ3n) is 7.71. The molecule has 4 nitrogen and oxygen atoms in total. The maximum atomic E-state index is 12.8. The molecule has 160 valence electrons. The zero-order valence-electron chi connectivity index (χ0n) is 16.5. The third-order valence-corrected chi connectivity index (χ3v) is 8.68. The van der Waals surface area contributed by atoms with Crippen LogP contribution in [0, 0.1) is 12.8 Å². The van der Waals surface area contributed by atoms with E-state index < -0.39 is 15.6 Å². The summed E-state index contributed by atoms with van der Waals surface area (Å²) in [6.07, 6.45) is 8.88. The highest BCUT2D eigenvalue weighted by atomic mass is 32.2. The smallest absolute Gasteiger partial charge is 0.376 e. The standard InChI is InChI=1S/C21H26F3NO3S/c1-13-10-15(28-29(26,27)21(22,23)24)11-18-16(13)12-19-17-4-2-3-7-20(17,18)8-9-25(19)14-5-6-14/h10-11,14,17,19H,2-9,12H2,1H3/t17-,19+,20+/m0/s1. The molecule has 0 N–H and O–H groups in total. The summed E-state index contributed by atoms with van der Waals surface area (Å²) in [5.74, 6) is 0.285. The van der Waals surface area contributed by atoms with Gasteiger partial charge >= 0.3 is 15.6 Å². The maximum Gasteiger partial charge on any atom is 0.534 e. The summed E-state index contributed by atoms with van der Waals surface area (Å²) in [5, 5.41) is 0. The molecule has 1 aliphatic heterocycles. The Balaban J connectivity index is 1.59. The van der Waals surface area contributed by atoms with E-state index in [9.17, 15) is 21.6 Å². The Labute approximate surface area is 169 Å². The highest BCUT2D eigenvalue weighted by Crippen LogP contribution is 2.58. The lowest BCUT2D eigenvalue weighted by atomic mass is 9.52. The van der Waals surface area contributed by atoms with Crippen LogP contribution in [0.3, 0.4) is 0 Å². The van der Waals surface area contributed by atoms with Crippen LogP contribution in [0.1, 0.15) is 61.6 Å². The number of hydrogen-bond acceptors (Lipinski definition) is 4. The minimum atomic E-state index is -5.67. The lowest BCUT2D eigenvalue weighted by molar-refractivity contribution is -0.0500. The SMILES string of the molecule is Cc1cc(OS(=O)(=O)C(F)(F)F)cc2c1C[C@@H]1[C@@H]3CCCC[C@]23CCN1C1CC1. The van der Waals surface area contributed by atoms with Gasteiger partial charge in [0.2, 0.25) is 0 Å². The number of rotatable bonds is 3. The molecule has 2 saturated carbocycles. The van der Waals surface area contributed by atoms with Crippen LogP contribution in [-0.4, -0.2) is 37.5 Å². The quantitative estimate of drug-likeness (QED) is 0.526. The molecule has 0 amide bonds. The fourth-order valence-electron chi connectivity index (χ4n) is 6.38. The van der Waals surface area contributed by atoms with E-state index in [0.29, 0.717) is 18.0 Å². The second kappa shape index (κ2) is 6.36. The van der Waals surface area contributed by atoms with Crippen molar-refractivity contribution in [2.45, 2.75) is 81.3 Å². The Hall–Kier alpha value is -1.28. The van der Waals surface area contributed by atoms with Gasteiger partial charge in [0.05, 0.1) is 0 Å². The van der Waals surface area contributed by atoms with E-state index in [1.165, 1.54) is 30.9 Å². The molecular weight excluding hydrogens is 403 g/mol. The fourth-order valence-corrected chi connectivity index (χ4v) is 6.83. The summed E-state index contributed by atoms with van der Waals surface area (Å²) in [5.41, 5.74) is -2.42. The molecule has 1 heterocycles. The van der Waals surface area contributed by atoms with Gasteiger partial charge in [-0.3, -0.25) is 4.90 Å². The van der Waals surface area contributed by atoms with Crippen LogP contribution in [-0.2, 0) is 22.0 Å². The van der Waals surface area contributed by atoms with Gasteiger partial charge in [0.25, 0.3) is 0 Å². The number of nitrogens with zero attached hydrogens (tertiary/aromatic N) is 1. The predicted molar refractivity (Wildman–Crippen MR) is 102 cm³/mol. The summed E-state index contributed by atoms with van der Waals surface area (Å²) in [6, 6.07) is 4.25. The first-order valence-corrected chi connectivity index (χ1v) is 11.9. The number of piperidine rings is 1. The molecular formula is C21H26F3NO3S. The summed E-state index contributed by atoms with van der Waals surface area (Å²) in [4.78, 5) is 2.69. The van der Waals surface area contributed by atoms with Crippen LogP contribution in [0.2, 0.25) is 0 Å². The molecule has 0 radical (unpaired) electrons. The average molecular weight is 430 g/mol. The molecule has 2 bridgehead atoms. The van der Waals surface area contributed by atoms with Crippen LogP contribution in [0.5, 0.6) is 5.75 Å². The molecule has 8 heteroatoms. The van der Waals surface area contributed by atoms with Crippen LogP contribution in [0.4, 0.5) is 13.2 Å². The van der Waals surface area contributed by atoms with Crippen LogP contribution < -0.4 is 4.18 Å². The zero-order valence-corrected chi connectivity index (χ0v) is 17.3. The highest BCUT2D eigenvalue weighted by Gasteiger charge is 2.56. The highest BCUT2D eigenvalue weighted by molar-refractivity contribution is 7.88. The molecule has 3 fully saturated rings. The predicted octanol–water partition coefficient (Wildman–Crippen LogP) is 4.44. The van der Waals surface area contributed by atoms with Crippen LogP contribution in [0.25, 0.3) is 0 Å². The third kappa shape index (κ3) is 3.00. The van der Waals surface area contributed by atoms with E-state index in [1.807, 2.05) is 6.92 Å². The Bertz CT molecular complexity index is 941. The van der Waals surface area contributed by atoms with Gasteiger partial charge in [-0.1, -0.05) is 12.8 Å². The monoisotopic (exact) mass is 429 g/mol. The minimum absolute atomic E-state index is 0.0615. The first-order chi connectivity index (χ1) is 13.6. The summed E-state index contributed by atoms with van der Waals surface area (Å²) < 4.78 is 66.2. The number of fused-ring (bicyclic) bond motifs is 1. The largest absolute Gasteiger partial charge is 0.534 e. The molecule has 5 rings (SSSR count). The van der Waals surface area contributed by atoms with Gasteiger partial charge in [-0.05, 0) is 86.7 Å². The number of halogens is 3. The Morgan fingerprint density at radius 3 is 2.59 bits per heavy atom. The normalized spacial score (nSPS) is 32.4. The van der Waals surface area contributed by atoms with Crippen molar-refractivity contribution in [3.05, 3.63) is 28.8 Å². The molecule has 4 aliphatic rings. The van der Waals surface area contributed by atoms with Gasteiger partial charge in [0.1, 0.15) is 5.75 Å². The summed E-state index contributed by atoms with van der Waals surface area (Å²) >= 11 is 0. The molecule has 0 spiro atoms. The molecule has 3 atom stereocenters. The van der Waals surface area contributed by atoms with Crippen molar-refractivity contribution in [1.29, 1.82) is 0 Å². The van der Waals surface area contributed by atoms with Gasteiger partial charge < -0.3 is 4.18 Å². The number of aryl methyl sites for hydroxylation is 1. The molecule has 29 heavy (non-hydrogen) atoms. The van der Waals surface area contributed by atoms with E-state index in [4.69, 9.17) is 0 Å². The number of hydrogen-bond donors (Lipinski definition) is 0. The number of likely N-dealkylation sites (tertiary alicyclic amines) is 1. The first kappa shape index (κ1) is 19.7. The second-order valence-corrected chi connectivity index (χ2v) is 10.8. The second-order valence-electron chi connectivity index (χ2n) is 9.25. The van der Waals surface area contributed by atoms with E-state index >= 15 is 0 Å². The van der Waals surface area contributed by atoms with Gasteiger partial charge in [-0.15, -0.1) is 0 Å². The van der Waals surface area contributed by atoms with Gasteiger partial charge in [-0.25, -0.2) is 0 Å². The first-order valence-electron chi connectivity index (χ1n) is 10.5. The van der Waals surface area contributed by atoms with Gasteiger partial charge in [0, 0.05) is 17.5 Å². The Kier molecular flexibility index (Phi) is 4.31.